The van der Waals surface area contributed by atoms with Crippen molar-refractivity contribution in [2.75, 3.05) is 13.7 Å². The van der Waals surface area contributed by atoms with E-state index in [1.165, 1.54) is 11.8 Å². The molecule has 1 fully saturated rings. The first-order chi connectivity index (χ1) is 7.70. The van der Waals surface area contributed by atoms with Crippen LogP contribution in [0.15, 0.2) is 24.3 Å². The van der Waals surface area contributed by atoms with E-state index in [1.807, 2.05) is 24.3 Å². The van der Waals surface area contributed by atoms with E-state index in [-0.39, 0.29) is 10.6 Å². The third-order valence-electron chi connectivity index (χ3n) is 2.46. The van der Waals surface area contributed by atoms with Gasteiger partial charge in [-0.3, -0.25) is 10.1 Å². The monoisotopic (exact) mass is 239 g/mol. The first kappa shape index (κ1) is 11.3. The zero-order valence-electron chi connectivity index (χ0n) is 8.84. The van der Waals surface area contributed by atoms with Crippen LogP contribution in [-0.4, -0.2) is 30.0 Å². The Hall–Kier alpha value is -1.20. The summed E-state index contributed by atoms with van der Waals surface area (Å²) >= 11 is 1.42. The van der Waals surface area contributed by atoms with Crippen LogP contribution in [0.25, 0.3) is 0 Å². The maximum absolute atomic E-state index is 10.8. The Balaban J connectivity index is 2.11. The summed E-state index contributed by atoms with van der Waals surface area (Å²) in [5, 5.41) is 11.7. The highest BCUT2D eigenvalue weighted by molar-refractivity contribution is 8.01. The zero-order chi connectivity index (χ0) is 11.5. The minimum atomic E-state index is -0.761. The first-order valence-electron chi connectivity index (χ1n) is 4.96. The van der Waals surface area contributed by atoms with Gasteiger partial charge in [-0.2, -0.15) is 0 Å². The number of carboxylic acid groups (broad SMARTS) is 1. The number of nitrogens with one attached hydrogen (secondary N) is 1. The van der Waals surface area contributed by atoms with Gasteiger partial charge < -0.3 is 9.84 Å². The van der Waals surface area contributed by atoms with Crippen LogP contribution in [0.5, 0.6) is 5.75 Å². The highest BCUT2D eigenvalue weighted by Gasteiger charge is 2.30. The Morgan fingerprint density at radius 1 is 1.62 bits per heavy atom. The molecule has 1 aliphatic rings. The second kappa shape index (κ2) is 4.76. The fourth-order valence-corrected chi connectivity index (χ4v) is 2.75. The number of hydrogen-bond donors (Lipinski definition) is 2. The number of rotatable bonds is 3. The molecule has 1 heterocycles. The number of aliphatic carboxylic acids is 1. The molecule has 0 radical (unpaired) electrons. The van der Waals surface area contributed by atoms with Crippen molar-refractivity contribution in [2.45, 2.75) is 10.6 Å². The maximum Gasteiger partial charge on any atom is 0.318 e. The van der Waals surface area contributed by atoms with Crippen molar-refractivity contribution in [3.05, 3.63) is 29.8 Å². The molecule has 0 spiro atoms. The van der Waals surface area contributed by atoms with Crippen LogP contribution in [0.1, 0.15) is 10.9 Å². The topological polar surface area (TPSA) is 58.6 Å². The quantitative estimate of drug-likeness (QED) is 0.836. The molecule has 5 heteroatoms. The second-order valence-electron chi connectivity index (χ2n) is 3.53. The third-order valence-corrected chi connectivity index (χ3v) is 3.87. The summed E-state index contributed by atoms with van der Waals surface area (Å²) in [5.41, 5.74) is 1.05. The maximum atomic E-state index is 10.8. The molecule has 0 aliphatic carbocycles. The van der Waals surface area contributed by atoms with Crippen LogP contribution in [0.2, 0.25) is 0 Å². The van der Waals surface area contributed by atoms with Crippen LogP contribution in [0.3, 0.4) is 0 Å². The summed E-state index contributed by atoms with van der Waals surface area (Å²) in [6.45, 7) is 0.502. The Morgan fingerprint density at radius 2 is 2.44 bits per heavy atom. The minimum Gasteiger partial charge on any atom is -0.497 e. The molecule has 1 aromatic rings. The lowest BCUT2D eigenvalue weighted by molar-refractivity contribution is -0.136. The summed E-state index contributed by atoms with van der Waals surface area (Å²) < 4.78 is 5.14. The summed E-state index contributed by atoms with van der Waals surface area (Å²) in [5.74, 6) is 0.0292. The number of carbonyl (C=O) groups is 1. The van der Waals surface area contributed by atoms with Gasteiger partial charge in [0, 0.05) is 6.54 Å². The van der Waals surface area contributed by atoms with Crippen molar-refractivity contribution in [1.82, 2.24) is 5.32 Å². The summed E-state index contributed by atoms with van der Waals surface area (Å²) in [7, 11) is 1.62. The average molecular weight is 239 g/mol. The number of carboxylic acids is 1. The van der Waals surface area contributed by atoms with E-state index in [0.717, 1.165) is 11.3 Å². The molecule has 1 aliphatic heterocycles. The number of thioether (sulfide) groups is 1. The predicted octanol–water partition coefficient (Wildman–Crippen LogP) is 1.48. The Morgan fingerprint density at radius 3 is 3.06 bits per heavy atom. The van der Waals surface area contributed by atoms with E-state index < -0.39 is 5.97 Å². The Bertz CT molecular complexity index is 397. The summed E-state index contributed by atoms with van der Waals surface area (Å²) in [6, 6.07) is 7.68. The van der Waals surface area contributed by atoms with E-state index in [0.29, 0.717) is 6.54 Å². The van der Waals surface area contributed by atoms with E-state index in [2.05, 4.69) is 5.32 Å². The summed E-state index contributed by atoms with van der Waals surface area (Å²) in [6.07, 6.45) is 0. The highest BCUT2D eigenvalue weighted by Crippen LogP contribution is 2.35. The van der Waals surface area contributed by atoms with Gasteiger partial charge in [-0.25, -0.2) is 0 Å². The van der Waals surface area contributed by atoms with Gasteiger partial charge in [0.05, 0.1) is 12.5 Å². The predicted molar refractivity (Wildman–Crippen MR) is 62.8 cm³/mol. The molecule has 0 bridgehead atoms. The number of benzene rings is 1. The van der Waals surface area contributed by atoms with Gasteiger partial charge in [-0.05, 0) is 17.7 Å². The first-order valence-corrected chi connectivity index (χ1v) is 5.90. The van der Waals surface area contributed by atoms with Gasteiger partial charge in [0.1, 0.15) is 11.0 Å². The molecule has 2 atom stereocenters. The van der Waals surface area contributed by atoms with Gasteiger partial charge in [0.2, 0.25) is 0 Å². The highest BCUT2D eigenvalue weighted by atomic mass is 32.2. The fourth-order valence-electron chi connectivity index (χ4n) is 1.62. The molecule has 2 unspecified atom stereocenters. The number of methoxy groups -OCH3 is 1. The molecule has 1 aromatic carbocycles. The zero-order valence-corrected chi connectivity index (χ0v) is 9.66. The standard InChI is InChI=1S/C11H13NO3S/c1-15-8-4-2-3-7(5-8)10-12-6-9(16-10)11(13)14/h2-5,9-10,12H,6H2,1H3,(H,13,14). The van der Waals surface area contributed by atoms with Crippen LogP contribution >= 0.6 is 11.8 Å². The van der Waals surface area contributed by atoms with Crippen molar-refractivity contribution in [3.63, 3.8) is 0 Å². The van der Waals surface area contributed by atoms with Crippen molar-refractivity contribution < 1.29 is 14.6 Å². The minimum absolute atomic E-state index is 0.0381. The van der Waals surface area contributed by atoms with Gasteiger partial charge in [0.15, 0.2) is 0 Å². The van der Waals surface area contributed by atoms with Crippen LogP contribution < -0.4 is 10.1 Å². The van der Waals surface area contributed by atoms with E-state index in [1.54, 1.807) is 7.11 Å². The molecule has 0 amide bonds. The summed E-state index contributed by atoms with van der Waals surface area (Å²) in [4.78, 5) is 10.8. The van der Waals surface area contributed by atoms with E-state index in [4.69, 9.17) is 9.84 Å². The number of ether oxygens (including phenoxy) is 1. The molecular weight excluding hydrogens is 226 g/mol. The molecule has 1 saturated heterocycles. The third kappa shape index (κ3) is 2.31. The van der Waals surface area contributed by atoms with Crippen molar-refractivity contribution in [3.8, 4) is 5.75 Å². The molecule has 2 N–H and O–H groups in total. The SMILES string of the molecule is COc1cccc(C2NCC(C(=O)O)S2)c1. The lowest BCUT2D eigenvalue weighted by Crippen LogP contribution is -2.21. The molecule has 2 rings (SSSR count). The number of hydrogen-bond acceptors (Lipinski definition) is 4. The van der Waals surface area contributed by atoms with Crippen LogP contribution in [-0.2, 0) is 4.79 Å². The average Bonchev–Trinajstić information content (AvgIpc) is 2.78. The van der Waals surface area contributed by atoms with Crippen LogP contribution in [0.4, 0.5) is 0 Å². The van der Waals surface area contributed by atoms with Crippen molar-refractivity contribution >= 4 is 17.7 Å². The largest absolute Gasteiger partial charge is 0.497 e. The van der Waals surface area contributed by atoms with Crippen molar-refractivity contribution in [2.24, 2.45) is 0 Å². The second-order valence-corrected chi connectivity index (χ2v) is 4.84. The molecule has 4 nitrogen and oxygen atoms in total. The van der Waals surface area contributed by atoms with Gasteiger partial charge >= 0.3 is 5.97 Å². The van der Waals surface area contributed by atoms with Gasteiger partial charge in [-0.1, -0.05) is 12.1 Å². The van der Waals surface area contributed by atoms with Crippen LogP contribution in [0, 0.1) is 0 Å². The Labute approximate surface area is 98.0 Å². The van der Waals surface area contributed by atoms with Gasteiger partial charge in [0.25, 0.3) is 0 Å². The fraction of sp³-hybridized carbons (Fsp3) is 0.364. The molecule has 0 aromatic heterocycles. The Kier molecular flexibility index (Phi) is 3.36. The van der Waals surface area contributed by atoms with E-state index >= 15 is 0 Å². The van der Waals surface area contributed by atoms with E-state index in [9.17, 15) is 4.79 Å². The molecule has 0 saturated carbocycles. The molecule has 86 valence electrons. The molecule has 16 heavy (non-hydrogen) atoms. The molecular formula is C11H13NO3S. The van der Waals surface area contributed by atoms with Crippen molar-refractivity contribution in [1.29, 1.82) is 0 Å². The normalized spacial score (nSPS) is 24.3. The smallest absolute Gasteiger partial charge is 0.318 e. The lowest BCUT2D eigenvalue weighted by atomic mass is 10.2. The lowest BCUT2D eigenvalue weighted by Gasteiger charge is -2.11. The van der Waals surface area contributed by atoms with Gasteiger partial charge in [-0.15, -0.1) is 11.8 Å².